The number of aldehydes is 1. The molecule has 2 rings (SSSR count). The first-order valence-electron chi connectivity index (χ1n) is 4.44. The van der Waals surface area contributed by atoms with Crippen LogP contribution < -0.4 is 0 Å². The van der Waals surface area contributed by atoms with Crippen molar-refractivity contribution in [3.05, 3.63) is 18.2 Å². The fourth-order valence-corrected chi connectivity index (χ4v) is 1.93. The van der Waals surface area contributed by atoms with Crippen molar-refractivity contribution in [2.75, 3.05) is 0 Å². The van der Waals surface area contributed by atoms with Crippen LogP contribution in [-0.2, 0) is 10.3 Å². The van der Waals surface area contributed by atoms with Crippen molar-refractivity contribution in [2.24, 2.45) is 0 Å². The lowest BCUT2D eigenvalue weighted by atomic mass is 10.0. The fourth-order valence-electron chi connectivity index (χ4n) is 1.93. The third-order valence-corrected chi connectivity index (χ3v) is 2.70. The summed E-state index contributed by atoms with van der Waals surface area (Å²) in [5.41, 5.74) is -0.565. The molecule has 0 atom stereocenters. The number of hydrogen-bond acceptors (Lipinski definition) is 2. The highest BCUT2D eigenvalue weighted by molar-refractivity contribution is 5.62. The maximum absolute atomic E-state index is 12.7. The lowest BCUT2D eigenvalue weighted by Gasteiger charge is -2.21. The van der Waals surface area contributed by atoms with Gasteiger partial charge in [0.25, 0.3) is 0 Å². The van der Waals surface area contributed by atoms with Crippen LogP contribution in [0.3, 0.4) is 0 Å². The predicted octanol–water partition coefficient (Wildman–Crippen LogP) is 1.49. The summed E-state index contributed by atoms with van der Waals surface area (Å²) in [6.45, 7) is 0. The van der Waals surface area contributed by atoms with Crippen LogP contribution in [0.25, 0.3) is 0 Å². The van der Waals surface area contributed by atoms with Crippen LogP contribution in [0.4, 0.5) is 4.39 Å². The van der Waals surface area contributed by atoms with Gasteiger partial charge in [0.2, 0.25) is 0 Å². The Bertz CT molecular complexity index is 315. The fraction of sp³-hybridized carbons (Fsp3) is 0.556. The average Bonchev–Trinajstić information content (AvgIpc) is 2.73. The molecule has 1 aromatic rings. The van der Waals surface area contributed by atoms with Crippen LogP contribution in [0.2, 0.25) is 0 Å². The SMILES string of the molecule is O=CC1(n2cc(F)cn2)CCCC1. The Balaban J connectivity index is 2.35. The van der Waals surface area contributed by atoms with E-state index in [4.69, 9.17) is 0 Å². The minimum absolute atomic E-state index is 0.381. The molecular weight excluding hydrogens is 171 g/mol. The Morgan fingerprint density at radius 1 is 1.54 bits per heavy atom. The summed E-state index contributed by atoms with van der Waals surface area (Å²) >= 11 is 0. The second-order valence-corrected chi connectivity index (χ2v) is 3.53. The highest BCUT2D eigenvalue weighted by Gasteiger charge is 2.36. The standard InChI is InChI=1S/C9H11FN2O/c10-8-5-11-12(6-8)9(7-13)3-1-2-4-9/h5-7H,1-4H2. The highest BCUT2D eigenvalue weighted by Crippen LogP contribution is 2.34. The number of carbonyl (C=O) groups is 1. The van der Waals surface area contributed by atoms with Gasteiger partial charge in [-0.15, -0.1) is 0 Å². The van der Waals surface area contributed by atoms with E-state index in [0.29, 0.717) is 0 Å². The molecule has 1 fully saturated rings. The third-order valence-electron chi connectivity index (χ3n) is 2.70. The van der Waals surface area contributed by atoms with Gasteiger partial charge in [-0.3, -0.25) is 4.68 Å². The molecule has 1 saturated carbocycles. The monoisotopic (exact) mass is 182 g/mol. The summed E-state index contributed by atoms with van der Waals surface area (Å²) in [6, 6.07) is 0. The molecule has 1 aliphatic carbocycles. The zero-order valence-electron chi connectivity index (χ0n) is 7.24. The number of nitrogens with zero attached hydrogens (tertiary/aromatic N) is 2. The molecule has 4 heteroatoms. The van der Waals surface area contributed by atoms with Gasteiger partial charge in [0.1, 0.15) is 11.8 Å². The normalized spacial score (nSPS) is 20.4. The minimum atomic E-state index is -0.565. The Kier molecular flexibility index (Phi) is 1.90. The predicted molar refractivity (Wildman–Crippen MR) is 44.7 cm³/mol. The maximum Gasteiger partial charge on any atom is 0.161 e. The van der Waals surface area contributed by atoms with Crippen LogP contribution in [0.15, 0.2) is 12.4 Å². The molecule has 0 bridgehead atoms. The minimum Gasteiger partial charge on any atom is -0.301 e. The van der Waals surface area contributed by atoms with E-state index < -0.39 is 5.54 Å². The molecule has 0 spiro atoms. The van der Waals surface area contributed by atoms with Crippen LogP contribution >= 0.6 is 0 Å². The molecule has 1 aliphatic rings. The van der Waals surface area contributed by atoms with Gasteiger partial charge in [0.05, 0.1) is 12.4 Å². The second-order valence-electron chi connectivity index (χ2n) is 3.53. The molecular formula is C9H11FN2O. The Morgan fingerprint density at radius 2 is 2.23 bits per heavy atom. The average molecular weight is 182 g/mol. The first kappa shape index (κ1) is 8.41. The van der Waals surface area contributed by atoms with Crippen molar-refractivity contribution in [3.63, 3.8) is 0 Å². The summed E-state index contributed by atoms with van der Waals surface area (Å²) in [5.74, 6) is -0.381. The maximum atomic E-state index is 12.7. The Morgan fingerprint density at radius 3 is 2.69 bits per heavy atom. The van der Waals surface area contributed by atoms with Crippen LogP contribution in [0.5, 0.6) is 0 Å². The molecule has 3 nitrogen and oxygen atoms in total. The van der Waals surface area contributed by atoms with E-state index >= 15 is 0 Å². The van der Waals surface area contributed by atoms with E-state index in [1.807, 2.05) is 0 Å². The van der Waals surface area contributed by atoms with Gasteiger partial charge < -0.3 is 4.79 Å². The van der Waals surface area contributed by atoms with E-state index in [-0.39, 0.29) is 5.82 Å². The van der Waals surface area contributed by atoms with E-state index in [2.05, 4.69) is 5.10 Å². The molecule has 0 amide bonds. The molecule has 0 saturated heterocycles. The van der Waals surface area contributed by atoms with Gasteiger partial charge in [0.15, 0.2) is 5.82 Å². The van der Waals surface area contributed by atoms with Crippen LogP contribution in [-0.4, -0.2) is 16.1 Å². The quantitative estimate of drug-likeness (QED) is 0.649. The number of halogens is 1. The second kappa shape index (κ2) is 2.94. The van der Waals surface area contributed by atoms with Gasteiger partial charge in [-0.1, -0.05) is 12.8 Å². The van der Waals surface area contributed by atoms with Gasteiger partial charge in [-0.2, -0.15) is 5.10 Å². The zero-order valence-corrected chi connectivity index (χ0v) is 7.24. The summed E-state index contributed by atoms with van der Waals surface area (Å²) in [4.78, 5) is 11.0. The third kappa shape index (κ3) is 1.26. The highest BCUT2D eigenvalue weighted by atomic mass is 19.1. The largest absolute Gasteiger partial charge is 0.301 e. The van der Waals surface area contributed by atoms with Crippen LogP contribution in [0.1, 0.15) is 25.7 Å². The summed E-state index contributed by atoms with van der Waals surface area (Å²) in [7, 11) is 0. The topological polar surface area (TPSA) is 34.9 Å². The molecule has 0 unspecified atom stereocenters. The molecule has 13 heavy (non-hydrogen) atoms. The number of rotatable bonds is 2. The van der Waals surface area contributed by atoms with Crippen molar-refractivity contribution in [1.29, 1.82) is 0 Å². The summed E-state index contributed by atoms with van der Waals surface area (Å²) < 4.78 is 14.1. The number of aromatic nitrogens is 2. The van der Waals surface area contributed by atoms with E-state index in [1.54, 1.807) is 0 Å². The smallest absolute Gasteiger partial charge is 0.161 e. The van der Waals surface area contributed by atoms with E-state index in [9.17, 15) is 9.18 Å². The lowest BCUT2D eigenvalue weighted by molar-refractivity contribution is -0.115. The lowest BCUT2D eigenvalue weighted by Crippen LogP contribution is -2.32. The summed E-state index contributed by atoms with van der Waals surface area (Å²) in [5, 5.41) is 3.85. The first-order chi connectivity index (χ1) is 6.27. The molecule has 0 N–H and O–H groups in total. The van der Waals surface area contributed by atoms with Crippen LogP contribution in [0, 0.1) is 5.82 Å². The Labute approximate surface area is 75.5 Å². The molecule has 0 aromatic carbocycles. The first-order valence-corrected chi connectivity index (χ1v) is 4.44. The van der Waals surface area contributed by atoms with E-state index in [1.165, 1.54) is 10.9 Å². The van der Waals surface area contributed by atoms with Crippen molar-refractivity contribution < 1.29 is 9.18 Å². The number of carbonyl (C=O) groups excluding carboxylic acids is 1. The molecule has 0 aliphatic heterocycles. The molecule has 1 heterocycles. The van der Waals surface area contributed by atoms with Gasteiger partial charge in [-0.05, 0) is 12.8 Å². The van der Waals surface area contributed by atoms with Gasteiger partial charge >= 0.3 is 0 Å². The van der Waals surface area contributed by atoms with E-state index in [0.717, 1.165) is 38.2 Å². The van der Waals surface area contributed by atoms with Crippen molar-refractivity contribution in [3.8, 4) is 0 Å². The number of hydrogen-bond donors (Lipinski definition) is 0. The van der Waals surface area contributed by atoms with Gasteiger partial charge in [-0.25, -0.2) is 4.39 Å². The molecule has 1 aromatic heterocycles. The summed E-state index contributed by atoms with van der Waals surface area (Å²) in [6.07, 6.45) is 6.91. The molecule has 70 valence electrons. The molecule has 0 radical (unpaired) electrons. The van der Waals surface area contributed by atoms with Crippen molar-refractivity contribution in [1.82, 2.24) is 9.78 Å². The van der Waals surface area contributed by atoms with Crippen molar-refractivity contribution >= 4 is 6.29 Å². The van der Waals surface area contributed by atoms with Crippen molar-refractivity contribution in [2.45, 2.75) is 31.2 Å². The van der Waals surface area contributed by atoms with Gasteiger partial charge in [0, 0.05) is 0 Å². The Hall–Kier alpha value is -1.19. The zero-order chi connectivity index (χ0) is 9.31.